The van der Waals surface area contributed by atoms with Gasteiger partial charge in [-0.15, -0.1) is 0 Å². The fourth-order valence-corrected chi connectivity index (χ4v) is 3.86. The molecule has 1 aromatic rings. The lowest BCUT2D eigenvalue weighted by Gasteiger charge is -2.45. The van der Waals surface area contributed by atoms with Gasteiger partial charge in [0.15, 0.2) is 0 Å². The summed E-state index contributed by atoms with van der Waals surface area (Å²) in [6.45, 7) is 13.4. The van der Waals surface area contributed by atoms with Crippen LogP contribution >= 0.6 is 0 Å². The van der Waals surface area contributed by atoms with Gasteiger partial charge >= 0.3 is 6.03 Å². The highest BCUT2D eigenvalue weighted by Crippen LogP contribution is 2.28. The average molecular weight is 327 g/mol. The molecular formula is C20H29N3O. The van der Waals surface area contributed by atoms with Gasteiger partial charge in [-0.1, -0.05) is 30.4 Å². The predicted molar refractivity (Wildman–Crippen MR) is 98.8 cm³/mol. The maximum absolute atomic E-state index is 12.5. The van der Waals surface area contributed by atoms with Crippen molar-refractivity contribution in [3.05, 3.63) is 42.0 Å². The first-order valence-electron chi connectivity index (χ1n) is 8.92. The number of nitrogens with one attached hydrogen (secondary N) is 2. The summed E-state index contributed by atoms with van der Waals surface area (Å²) >= 11 is 0. The second-order valence-electron chi connectivity index (χ2n) is 7.83. The minimum Gasteiger partial charge on any atom is -0.334 e. The molecule has 0 aromatic heterocycles. The van der Waals surface area contributed by atoms with Crippen LogP contribution < -0.4 is 10.6 Å². The fourth-order valence-electron chi connectivity index (χ4n) is 3.86. The van der Waals surface area contributed by atoms with Crippen LogP contribution in [0.5, 0.6) is 0 Å². The van der Waals surface area contributed by atoms with Crippen molar-refractivity contribution in [1.29, 1.82) is 0 Å². The third-order valence-corrected chi connectivity index (χ3v) is 5.48. The molecule has 130 valence electrons. The Labute approximate surface area is 145 Å². The second kappa shape index (κ2) is 6.60. The molecule has 3 heterocycles. The summed E-state index contributed by atoms with van der Waals surface area (Å²) in [6.07, 6.45) is 2.41. The van der Waals surface area contributed by atoms with Crippen LogP contribution in [0.4, 0.5) is 4.79 Å². The molecule has 4 rings (SSSR count). The van der Waals surface area contributed by atoms with Crippen molar-refractivity contribution >= 4 is 11.6 Å². The first-order chi connectivity index (χ1) is 11.3. The van der Waals surface area contributed by atoms with Gasteiger partial charge in [0.1, 0.15) is 0 Å². The molecule has 2 amide bonds. The molecule has 0 spiro atoms. The van der Waals surface area contributed by atoms with Gasteiger partial charge in [0.2, 0.25) is 0 Å². The number of carbonyl (C=O) groups excluding carboxylic acids is 1. The zero-order valence-corrected chi connectivity index (χ0v) is 15.1. The van der Waals surface area contributed by atoms with Crippen LogP contribution in [0.3, 0.4) is 0 Å². The van der Waals surface area contributed by atoms with Crippen molar-refractivity contribution in [2.24, 2.45) is 5.92 Å². The highest BCUT2D eigenvalue weighted by molar-refractivity contribution is 5.75. The molecule has 0 saturated carbocycles. The number of nitrogens with zero attached hydrogens (tertiary/aromatic N) is 1. The largest absolute Gasteiger partial charge is 0.334 e. The fraction of sp³-hybridized carbons (Fsp3) is 0.550. The summed E-state index contributed by atoms with van der Waals surface area (Å²) < 4.78 is 0. The molecule has 24 heavy (non-hydrogen) atoms. The third kappa shape index (κ3) is 3.64. The Morgan fingerprint density at radius 3 is 2.58 bits per heavy atom. The van der Waals surface area contributed by atoms with Crippen LogP contribution in [0.15, 0.2) is 30.8 Å². The molecule has 2 bridgehead atoms. The van der Waals surface area contributed by atoms with Crippen molar-refractivity contribution in [1.82, 2.24) is 15.5 Å². The first kappa shape index (κ1) is 17.0. The molecule has 0 aliphatic carbocycles. The zero-order valence-electron chi connectivity index (χ0n) is 15.1. The number of amides is 2. The standard InChI is InChI=1S/C20H29N3O/c1-14(2)16-6-5-7-17(12-16)20(3,4)22-19(24)21-18-13-23-10-8-15(18)9-11-23/h5-7,12,15,18H,1,8-11,13H2,2-4H3,(H2,21,22,24)/t18-/m0/s1. The Morgan fingerprint density at radius 2 is 2.00 bits per heavy atom. The van der Waals surface area contributed by atoms with Crippen LogP contribution in [-0.2, 0) is 5.54 Å². The topological polar surface area (TPSA) is 44.4 Å². The van der Waals surface area contributed by atoms with Gasteiger partial charge in [0.05, 0.1) is 5.54 Å². The molecule has 1 atom stereocenters. The minimum absolute atomic E-state index is 0.0699. The van der Waals surface area contributed by atoms with Gasteiger partial charge in [-0.3, -0.25) is 0 Å². The quantitative estimate of drug-likeness (QED) is 0.891. The summed E-state index contributed by atoms with van der Waals surface area (Å²) in [5.41, 5.74) is 2.81. The number of fused-ring (bicyclic) bond motifs is 3. The number of rotatable bonds is 4. The van der Waals surface area contributed by atoms with E-state index in [1.807, 2.05) is 26.8 Å². The average Bonchev–Trinajstić information content (AvgIpc) is 2.55. The predicted octanol–water partition coefficient (Wildman–Crippen LogP) is 3.35. The lowest BCUT2D eigenvalue weighted by Crippen LogP contribution is -2.60. The Morgan fingerprint density at radius 1 is 1.29 bits per heavy atom. The van der Waals surface area contributed by atoms with Crippen molar-refractivity contribution < 1.29 is 4.79 Å². The van der Waals surface area contributed by atoms with Gasteiger partial charge in [0.25, 0.3) is 0 Å². The molecule has 2 N–H and O–H groups in total. The van der Waals surface area contributed by atoms with E-state index in [1.54, 1.807) is 0 Å². The summed E-state index contributed by atoms with van der Waals surface area (Å²) in [7, 11) is 0. The third-order valence-electron chi connectivity index (χ3n) is 5.48. The number of allylic oxidation sites excluding steroid dienone is 1. The van der Waals surface area contributed by atoms with Gasteiger partial charge in [-0.05, 0) is 69.8 Å². The lowest BCUT2D eigenvalue weighted by atomic mass is 9.84. The molecule has 4 nitrogen and oxygen atoms in total. The molecule has 0 unspecified atom stereocenters. The van der Waals surface area contributed by atoms with Crippen LogP contribution in [0, 0.1) is 5.92 Å². The van der Waals surface area contributed by atoms with E-state index < -0.39 is 5.54 Å². The van der Waals surface area contributed by atoms with Gasteiger partial charge in [-0.2, -0.15) is 0 Å². The van der Waals surface area contributed by atoms with Gasteiger partial charge in [-0.25, -0.2) is 4.79 Å². The molecule has 3 aliphatic rings. The van der Waals surface area contributed by atoms with Crippen LogP contribution in [-0.4, -0.2) is 36.6 Å². The normalized spacial score (nSPS) is 26.0. The zero-order chi connectivity index (χ0) is 17.3. The Hall–Kier alpha value is -1.81. The number of hydrogen-bond acceptors (Lipinski definition) is 2. The van der Waals surface area contributed by atoms with E-state index in [0.29, 0.717) is 5.92 Å². The van der Waals surface area contributed by atoms with Crippen molar-refractivity contribution in [3.63, 3.8) is 0 Å². The summed E-state index contributed by atoms with van der Waals surface area (Å²) in [6, 6.07) is 8.45. The van der Waals surface area contributed by atoms with Crippen LogP contribution in [0.25, 0.3) is 5.57 Å². The number of piperidine rings is 3. The van der Waals surface area contributed by atoms with Gasteiger partial charge < -0.3 is 15.5 Å². The van der Waals surface area contributed by atoms with E-state index >= 15 is 0 Å². The molecular weight excluding hydrogens is 298 g/mol. The summed E-state index contributed by atoms with van der Waals surface area (Å²) in [5.74, 6) is 0.635. The molecule has 1 aromatic carbocycles. The minimum atomic E-state index is -0.427. The van der Waals surface area contributed by atoms with E-state index in [2.05, 4.69) is 40.3 Å². The second-order valence-corrected chi connectivity index (χ2v) is 7.83. The summed E-state index contributed by atoms with van der Waals surface area (Å²) in [5, 5.41) is 6.35. The highest BCUT2D eigenvalue weighted by atomic mass is 16.2. The monoisotopic (exact) mass is 327 g/mol. The SMILES string of the molecule is C=C(C)c1cccc(C(C)(C)NC(=O)N[C@H]2CN3CCC2CC3)c1. The molecule has 3 saturated heterocycles. The number of hydrogen-bond donors (Lipinski definition) is 2. The molecule has 4 heteroatoms. The van der Waals surface area contributed by atoms with Crippen molar-refractivity contribution in [3.8, 4) is 0 Å². The number of benzene rings is 1. The van der Waals surface area contributed by atoms with E-state index in [4.69, 9.17) is 0 Å². The number of carbonyl (C=O) groups is 1. The smallest absolute Gasteiger partial charge is 0.315 e. The van der Waals surface area contributed by atoms with Crippen LogP contribution in [0.1, 0.15) is 44.7 Å². The lowest BCUT2D eigenvalue weighted by molar-refractivity contribution is 0.0760. The summed E-state index contributed by atoms with van der Waals surface area (Å²) in [4.78, 5) is 15.0. The van der Waals surface area contributed by atoms with E-state index in [9.17, 15) is 4.79 Å². The van der Waals surface area contributed by atoms with Gasteiger partial charge in [0, 0.05) is 12.6 Å². The Kier molecular flexibility index (Phi) is 4.68. The van der Waals surface area contributed by atoms with E-state index in [1.165, 1.54) is 25.9 Å². The number of urea groups is 1. The van der Waals surface area contributed by atoms with E-state index in [-0.39, 0.29) is 12.1 Å². The maximum Gasteiger partial charge on any atom is 0.315 e. The van der Waals surface area contributed by atoms with Crippen molar-refractivity contribution in [2.75, 3.05) is 19.6 Å². The maximum atomic E-state index is 12.5. The Balaban J connectivity index is 1.64. The highest BCUT2D eigenvalue weighted by Gasteiger charge is 2.35. The first-order valence-corrected chi connectivity index (χ1v) is 8.92. The van der Waals surface area contributed by atoms with Crippen LogP contribution in [0.2, 0.25) is 0 Å². The van der Waals surface area contributed by atoms with E-state index in [0.717, 1.165) is 23.2 Å². The molecule has 3 fully saturated rings. The molecule has 3 aliphatic heterocycles. The molecule has 0 radical (unpaired) electrons. The Bertz CT molecular complexity index is 630. The van der Waals surface area contributed by atoms with Crippen molar-refractivity contribution in [2.45, 2.75) is 45.2 Å².